The van der Waals surface area contributed by atoms with Crippen LogP contribution in [-0.4, -0.2) is 60.9 Å². The molecule has 52 heavy (non-hydrogen) atoms. The van der Waals surface area contributed by atoms with Crippen molar-refractivity contribution in [2.24, 2.45) is 0 Å². The molecule has 0 bridgehead atoms. The van der Waals surface area contributed by atoms with Gasteiger partial charge in [0.1, 0.15) is 6.04 Å². The number of nitrogens with zero attached hydrogens (tertiary/aromatic N) is 2. The minimum atomic E-state index is -0.338. The van der Waals surface area contributed by atoms with Gasteiger partial charge < -0.3 is 15.1 Å². The molecule has 0 saturated heterocycles. The van der Waals surface area contributed by atoms with Crippen LogP contribution in [0.5, 0.6) is 0 Å². The van der Waals surface area contributed by atoms with Crippen molar-refractivity contribution in [2.45, 2.75) is 225 Å². The number of hydrogen-bond donors (Lipinski definition) is 1. The second-order valence-electron chi connectivity index (χ2n) is 16.1. The van der Waals surface area contributed by atoms with E-state index in [1.165, 1.54) is 128 Å². The minimum Gasteiger partial charge on any atom is -0.352 e. The first kappa shape index (κ1) is 48.1. The summed E-state index contributed by atoms with van der Waals surface area (Å²) in [5.41, 5.74) is 0. The number of nitrogens with one attached hydrogen (secondary N) is 1. The zero-order valence-corrected chi connectivity index (χ0v) is 35.2. The Hall–Kier alpha value is -1.88. The molecule has 1 saturated carbocycles. The van der Waals surface area contributed by atoms with E-state index in [2.05, 4.69) is 74.6 Å². The van der Waals surface area contributed by atoms with E-state index < -0.39 is 0 Å². The topological polar surface area (TPSA) is 52.7 Å². The molecule has 1 rings (SSSR count). The number of carbonyl (C=O) groups is 2. The lowest BCUT2D eigenvalue weighted by molar-refractivity contribution is -0.141. The average Bonchev–Trinajstić information content (AvgIpc) is 3.40. The maximum atomic E-state index is 14.0. The van der Waals surface area contributed by atoms with E-state index in [0.29, 0.717) is 13.0 Å². The molecule has 0 aromatic carbocycles. The SMILES string of the molecule is CCCC/C=C\CCCCCCCCCC(C(=O)NC1CCCCCC1)N(CCCN(C)C)C(=O)CCCCCCC/C=C\C/C=C\CCCCC. The summed E-state index contributed by atoms with van der Waals surface area (Å²) in [7, 11) is 4.18. The van der Waals surface area contributed by atoms with E-state index in [-0.39, 0.29) is 23.9 Å². The van der Waals surface area contributed by atoms with Crippen LogP contribution in [0.15, 0.2) is 36.5 Å². The van der Waals surface area contributed by atoms with Crippen LogP contribution in [0.25, 0.3) is 0 Å². The van der Waals surface area contributed by atoms with Crippen molar-refractivity contribution in [2.75, 3.05) is 27.2 Å². The lowest BCUT2D eigenvalue weighted by Gasteiger charge is -2.33. The molecule has 0 aliphatic heterocycles. The standard InChI is InChI=1S/C47H87N3O2/c1-5-7-9-11-13-15-17-19-20-22-24-26-28-30-36-41-46(51)50(43-37-42-49(3)4)45(47(52)48-44-38-33-31-32-34-39-44)40-35-29-27-25-23-21-18-16-14-12-10-8-6-2/h12-15,19-20,44-45H,5-11,16-18,21-43H2,1-4H3,(H,48,52)/b14-12-,15-13-,20-19-. The third-order valence-electron chi connectivity index (χ3n) is 10.8. The van der Waals surface area contributed by atoms with E-state index in [0.717, 1.165) is 70.8 Å². The molecule has 1 aliphatic carbocycles. The van der Waals surface area contributed by atoms with Gasteiger partial charge >= 0.3 is 0 Å². The van der Waals surface area contributed by atoms with Gasteiger partial charge in [-0.15, -0.1) is 0 Å². The van der Waals surface area contributed by atoms with E-state index in [9.17, 15) is 9.59 Å². The summed E-state index contributed by atoms with van der Waals surface area (Å²) in [4.78, 5) is 32.1. The maximum absolute atomic E-state index is 14.0. The summed E-state index contributed by atoms with van der Waals surface area (Å²) in [6, 6.07) is -0.0741. The molecule has 5 nitrogen and oxygen atoms in total. The predicted molar refractivity (Wildman–Crippen MR) is 228 cm³/mol. The Morgan fingerprint density at radius 3 is 1.65 bits per heavy atom. The van der Waals surface area contributed by atoms with Crippen LogP contribution < -0.4 is 5.32 Å². The Morgan fingerprint density at radius 2 is 1.08 bits per heavy atom. The van der Waals surface area contributed by atoms with Gasteiger partial charge in [-0.2, -0.15) is 0 Å². The highest BCUT2D eigenvalue weighted by Gasteiger charge is 2.30. The second kappa shape index (κ2) is 36.1. The van der Waals surface area contributed by atoms with E-state index >= 15 is 0 Å². The Kier molecular flexibility index (Phi) is 33.4. The molecule has 0 aromatic heterocycles. The fourth-order valence-corrected chi connectivity index (χ4v) is 7.43. The summed E-state index contributed by atoms with van der Waals surface area (Å²) >= 11 is 0. The molecule has 1 fully saturated rings. The quantitative estimate of drug-likeness (QED) is 0.0408. The van der Waals surface area contributed by atoms with Crippen molar-refractivity contribution in [3.8, 4) is 0 Å². The highest BCUT2D eigenvalue weighted by atomic mass is 16.2. The predicted octanol–water partition coefficient (Wildman–Crippen LogP) is 13.0. The lowest BCUT2D eigenvalue weighted by atomic mass is 10.0. The van der Waals surface area contributed by atoms with Gasteiger partial charge in [-0.05, 0) is 104 Å². The summed E-state index contributed by atoms with van der Waals surface area (Å²) in [5.74, 6) is 0.298. The third-order valence-corrected chi connectivity index (χ3v) is 10.8. The van der Waals surface area contributed by atoms with Gasteiger partial charge in [-0.1, -0.05) is 159 Å². The second-order valence-corrected chi connectivity index (χ2v) is 16.1. The Labute approximate surface area is 324 Å². The van der Waals surface area contributed by atoms with Gasteiger partial charge in [0, 0.05) is 19.0 Å². The van der Waals surface area contributed by atoms with Gasteiger partial charge in [-0.25, -0.2) is 0 Å². The molecule has 5 heteroatoms. The first-order valence-corrected chi connectivity index (χ1v) is 22.7. The lowest BCUT2D eigenvalue weighted by Crippen LogP contribution is -2.52. The number of rotatable bonds is 34. The third kappa shape index (κ3) is 28.6. The molecule has 1 N–H and O–H groups in total. The van der Waals surface area contributed by atoms with Crippen molar-refractivity contribution < 1.29 is 9.59 Å². The van der Waals surface area contributed by atoms with Crippen LogP contribution in [0, 0.1) is 0 Å². The Balaban J connectivity index is 2.60. The molecule has 1 atom stereocenters. The normalized spacial score (nSPS) is 14.9. The van der Waals surface area contributed by atoms with E-state index in [1.54, 1.807) is 0 Å². The monoisotopic (exact) mass is 726 g/mol. The molecule has 1 aliphatic rings. The van der Waals surface area contributed by atoms with Crippen LogP contribution >= 0.6 is 0 Å². The van der Waals surface area contributed by atoms with Crippen molar-refractivity contribution in [3.05, 3.63) is 36.5 Å². The van der Waals surface area contributed by atoms with Crippen molar-refractivity contribution in [1.29, 1.82) is 0 Å². The van der Waals surface area contributed by atoms with Crippen molar-refractivity contribution in [3.63, 3.8) is 0 Å². The van der Waals surface area contributed by atoms with Gasteiger partial charge in [0.15, 0.2) is 0 Å². The number of allylic oxidation sites excluding steroid dienone is 6. The number of unbranched alkanes of at least 4 members (excludes halogenated alkanes) is 17. The van der Waals surface area contributed by atoms with Gasteiger partial charge in [-0.3, -0.25) is 9.59 Å². The smallest absolute Gasteiger partial charge is 0.243 e. The summed E-state index contributed by atoms with van der Waals surface area (Å²) in [6.07, 6.45) is 49.9. The zero-order valence-electron chi connectivity index (χ0n) is 35.2. The number of hydrogen-bond acceptors (Lipinski definition) is 3. The van der Waals surface area contributed by atoms with Crippen LogP contribution in [0.3, 0.4) is 0 Å². The molecular weight excluding hydrogens is 639 g/mol. The van der Waals surface area contributed by atoms with Crippen LogP contribution in [0.2, 0.25) is 0 Å². The fraction of sp³-hybridized carbons (Fsp3) is 0.830. The molecule has 0 aromatic rings. The first-order chi connectivity index (χ1) is 25.5. The summed E-state index contributed by atoms with van der Waals surface area (Å²) in [5, 5.41) is 3.45. The molecule has 302 valence electrons. The van der Waals surface area contributed by atoms with Crippen LogP contribution in [-0.2, 0) is 9.59 Å². The summed E-state index contributed by atoms with van der Waals surface area (Å²) < 4.78 is 0. The fourth-order valence-electron chi connectivity index (χ4n) is 7.43. The highest BCUT2D eigenvalue weighted by molar-refractivity contribution is 5.87. The van der Waals surface area contributed by atoms with Crippen molar-refractivity contribution >= 4 is 11.8 Å². The summed E-state index contributed by atoms with van der Waals surface area (Å²) in [6.45, 7) is 6.11. The van der Waals surface area contributed by atoms with Crippen LogP contribution in [0.1, 0.15) is 213 Å². The molecule has 1 unspecified atom stereocenters. The number of carbonyl (C=O) groups excluding carboxylic acids is 2. The van der Waals surface area contributed by atoms with E-state index in [4.69, 9.17) is 0 Å². The molecular formula is C47H87N3O2. The zero-order chi connectivity index (χ0) is 37.7. The molecule has 2 amide bonds. The Bertz CT molecular complexity index is 902. The van der Waals surface area contributed by atoms with Crippen LogP contribution in [0.4, 0.5) is 0 Å². The highest BCUT2D eigenvalue weighted by Crippen LogP contribution is 2.21. The largest absolute Gasteiger partial charge is 0.352 e. The molecule has 0 spiro atoms. The van der Waals surface area contributed by atoms with Crippen molar-refractivity contribution in [1.82, 2.24) is 15.1 Å². The molecule has 0 radical (unpaired) electrons. The first-order valence-electron chi connectivity index (χ1n) is 22.7. The number of amides is 2. The van der Waals surface area contributed by atoms with Gasteiger partial charge in [0.05, 0.1) is 0 Å². The van der Waals surface area contributed by atoms with E-state index in [1.807, 2.05) is 4.90 Å². The van der Waals surface area contributed by atoms with Gasteiger partial charge in [0.25, 0.3) is 0 Å². The Morgan fingerprint density at radius 1 is 0.577 bits per heavy atom. The average molecular weight is 726 g/mol. The minimum absolute atomic E-state index is 0.108. The van der Waals surface area contributed by atoms with Gasteiger partial charge in [0.2, 0.25) is 11.8 Å². The molecule has 0 heterocycles. The maximum Gasteiger partial charge on any atom is 0.243 e.